The van der Waals surface area contributed by atoms with Crippen LogP contribution in [0, 0.1) is 27.7 Å². The van der Waals surface area contributed by atoms with Crippen LogP contribution in [-0.4, -0.2) is 22.6 Å². The van der Waals surface area contributed by atoms with Gasteiger partial charge in [-0.05, 0) is 86.3 Å². The molecule has 0 unspecified atom stereocenters. The van der Waals surface area contributed by atoms with E-state index in [9.17, 15) is 21.6 Å². The number of fused-ring (bicyclic) bond motifs is 3. The van der Waals surface area contributed by atoms with Gasteiger partial charge in [0, 0.05) is 11.1 Å². The van der Waals surface area contributed by atoms with Gasteiger partial charge in [0.05, 0.1) is 21.2 Å². The van der Waals surface area contributed by atoms with Crippen LogP contribution in [0.3, 0.4) is 0 Å². The Hall–Kier alpha value is -3.95. The van der Waals surface area contributed by atoms with Crippen LogP contribution in [0.1, 0.15) is 38.2 Å². The summed E-state index contributed by atoms with van der Waals surface area (Å²) in [5.74, 6) is -0.429. The predicted molar refractivity (Wildman–Crippen MR) is 149 cm³/mol. The third kappa shape index (κ3) is 4.59. The maximum atomic E-state index is 13.3. The second-order valence-corrected chi connectivity index (χ2v) is 13.0. The molecule has 0 spiro atoms. The van der Waals surface area contributed by atoms with Crippen LogP contribution >= 0.6 is 0 Å². The molecule has 0 aromatic heterocycles. The number of nitrogens with one attached hydrogen (secondary N) is 2. The van der Waals surface area contributed by atoms with Gasteiger partial charge in [-0.1, -0.05) is 47.5 Å². The maximum Gasteiger partial charge on any atom is 0.261 e. The van der Waals surface area contributed by atoms with Gasteiger partial charge in [0.1, 0.15) is 0 Å². The topological polar surface area (TPSA) is 109 Å². The Bertz CT molecular complexity index is 1730. The first kappa shape index (κ1) is 25.7. The second kappa shape index (κ2) is 9.11. The van der Waals surface area contributed by atoms with Crippen molar-refractivity contribution in [3.05, 3.63) is 106 Å². The number of anilines is 2. The summed E-state index contributed by atoms with van der Waals surface area (Å²) in [4.78, 5) is 13.2. The molecule has 0 aliphatic heterocycles. The van der Waals surface area contributed by atoms with Gasteiger partial charge in [-0.15, -0.1) is 0 Å². The van der Waals surface area contributed by atoms with Gasteiger partial charge in [-0.3, -0.25) is 14.2 Å². The minimum absolute atomic E-state index is 0.0539. The number of carbonyl (C=O) groups excluding carboxylic acids is 1. The van der Waals surface area contributed by atoms with E-state index in [4.69, 9.17) is 0 Å². The highest BCUT2D eigenvalue weighted by molar-refractivity contribution is 7.93. The molecule has 5 rings (SSSR count). The molecule has 0 amide bonds. The lowest BCUT2D eigenvalue weighted by Gasteiger charge is -2.12. The van der Waals surface area contributed by atoms with E-state index < -0.39 is 25.8 Å². The normalized spacial score (nSPS) is 12.7. The summed E-state index contributed by atoms with van der Waals surface area (Å²) in [6.07, 6.45) is 0. The molecule has 0 saturated carbocycles. The van der Waals surface area contributed by atoms with Crippen molar-refractivity contribution in [2.75, 3.05) is 9.44 Å². The smallest absolute Gasteiger partial charge is 0.261 e. The average Bonchev–Trinajstić information content (AvgIpc) is 3.14. The minimum atomic E-state index is -3.96. The van der Waals surface area contributed by atoms with Gasteiger partial charge in [0.15, 0.2) is 5.78 Å². The van der Waals surface area contributed by atoms with E-state index >= 15 is 0 Å². The highest BCUT2D eigenvalue weighted by Crippen LogP contribution is 2.39. The summed E-state index contributed by atoms with van der Waals surface area (Å²) in [7, 11) is -7.92. The number of rotatable bonds is 6. The molecule has 0 fully saturated rings. The number of benzene rings is 4. The molecule has 0 saturated heterocycles. The Labute approximate surface area is 222 Å². The second-order valence-electron chi connectivity index (χ2n) is 9.59. The Balaban J connectivity index is 1.46. The molecule has 7 nitrogen and oxygen atoms in total. The lowest BCUT2D eigenvalue weighted by atomic mass is 10.1. The van der Waals surface area contributed by atoms with Crippen molar-refractivity contribution in [1.82, 2.24) is 0 Å². The van der Waals surface area contributed by atoms with E-state index in [1.165, 1.54) is 24.3 Å². The molecular weight excluding hydrogens is 520 g/mol. The van der Waals surface area contributed by atoms with Crippen LogP contribution in [-0.2, 0) is 20.0 Å². The van der Waals surface area contributed by atoms with Gasteiger partial charge in [0.2, 0.25) is 0 Å². The third-order valence-electron chi connectivity index (χ3n) is 6.63. The summed E-state index contributed by atoms with van der Waals surface area (Å²) in [6.45, 7) is 7.47. The lowest BCUT2D eigenvalue weighted by Crippen LogP contribution is -2.14. The van der Waals surface area contributed by atoms with Crippen molar-refractivity contribution in [2.45, 2.75) is 37.5 Å². The Kier molecular flexibility index (Phi) is 6.16. The Morgan fingerprint density at radius 1 is 0.500 bits per heavy atom. The van der Waals surface area contributed by atoms with Gasteiger partial charge < -0.3 is 0 Å². The SMILES string of the molecule is Cc1ccc(NS(=O)(=O)c2ccc3c(c2)C(=O)c2cc(S(=O)(=O)Nc4ccc(C)cc4C)ccc2-3)c(C)c1. The van der Waals surface area contributed by atoms with Crippen LogP contribution < -0.4 is 9.44 Å². The first-order chi connectivity index (χ1) is 17.9. The molecule has 4 aromatic rings. The van der Waals surface area contributed by atoms with Crippen molar-refractivity contribution in [1.29, 1.82) is 0 Å². The summed E-state index contributed by atoms with van der Waals surface area (Å²) >= 11 is 0. The number of hydrogen-bond donors (Lipinski definition) is 2. The molecule has 4 aromatic carbocycles. The molecule has 0 bridgehead atoms. The van der Waals surface area contributed by atoms with Crippen molar-refractivity contribution < 1.29 is 21.6 Å². The summed E-state index contributed by atoms with van der Waals surface area (Å²) in [6, 6.07) is 19.5. The van der Waals surface area contributed by atoms with E-state index in [-0.39, 0.29) is 20.9 Å². The first-order valence-electron chi connectivity index (χ1n) is 11.9. The highest BCUT2D eigenvalue weighted by Gasteiger charge is 2.30. The molecular formula is C29H26N2O5S2. The zero-order chi connectivity index (χ0) is 27.4. The number of sulfonamides is 2. The number of aryl methyl sites for hydroxylation is 4. The molecule has 1 aliphatic rings. The largest absolute Gasteiger partial charge is 0.289 e. The van der Waals surface area contributed by atoms with Crippen molar-refractivity contribution in [3.8, 4) is 11.1 Å². The molecule has 194 valence electrons. The molecule has 38 heavy (non-hydrogen) atoms. The van der Waals surface area contributed by atoms with E-state index in [0.29, 0.717) is 22.5 Å². The van der Waals surface area contributed by atoms with Gasteiger partial charge in [0.25, 0.3) is 20.0 Å². The van der Waals surface area contributed by atoms with E-state index in [1.54, 1.807) is 24.3 Å². The lowest BCUT2D eigenvalue weighted by molar-refractivity contribution is 0.104. The fraction of sp³-hybridized carbons (Fsp3) is 0.138. The summed E-state index contributed by atoms with van der Waals surface area (Å²) in [5.41, 5.74) is 6.02. The van der Waals surface area contributed by atoms with Gasteiger partial charge >= 0.3 is 0 Å². The van der Waals surface area contributed by atoms with Gasteiger partial charge in [-0.25, -0.2) is 16.8 Å². The van der Waals surface area contributed by atoms with Crippen LogP contribution in [0.25, 0.3) is 11.1 Å². The zero-order valence-corrected chi connectivity index (χ0v) is 22.9. The van der Waals surface area contributed by atoms with Crippen molar-refractivity contribution in [3.63, 3.8) is 0 Å². The minimum Gasteiger partial charge on any atom is -0.289 e. The van der Waals surface area contributed by atoms with E-state index in [1.807, 2.05) is 52.0 Å². The van der Waals surface area contributed by atoms with Crippen LogP contribution in [0.4, 0.5) is 11.4 Å². The molecule has 1 aliphatic carbocycles. The Morgan fingerprint density at radius 2 is 0.895 bits per heavy atom. The highest BCUT2D eigenvalue weighted by atomic mass is 32.2. The average molecular weight is 547 g/mol. The third-order valence-corrected chi connectivity index (χ3v) is 9.36. The maximum absolute atomic E-state index is 13.3. The first-order valence-corrected chi connectivity index (χ1v) is 14.9. The number of hydrogen-bond acceptors (Lipinski definition) is 5. The fourth-order valence-electron chi connectivity index (χ4n) is 4.64. The van der Waals surface area contributed by atoms with Gasteiger partial charge in [-0.2, -0.15) is 0 Å². The van der Waals surface area contributed by atoms with E-state index in [0.717, 1.165) is 22.3 Å². The standard InChI is InChI=1S/C29H26N2O5S2/c1-17-5-11-27(19(3)13-17)30-37(33,34)21-7-9-23-24-10-8-22(16-26(24)29(32)25(23)15-21)38(35,36)31-28-12-6-18(2)14-20(28)4/h5-16,30-31H,1-4H3. The molecule has 0 heterocycles. The predicted octanol–water partition coefficient (Wildman–Crippen LogP) is 5.73. The van der Waals surface area contributed by atoms with Crippen molar-refractivity contribution in [2.24, 2.45) is 0 Å². The number of ketones is 1. The monoisotopic (exact) mass is 546 g/mol. The molecule has 0 radical (unpaired) electrons. The fourth-order valence-corrected chi connectivity index (χ4v) is 6.95. The van der Waals surface area contributed by atoms with Crippen LogP contribution in [0.2, 0.25) is 0 Å². The van der Waals surface area contributed by atoms with Crippen LogP contribution in [0.5, 0.6) is 0 Å². The Morgan fingerprint density at radius 3 is 1.26 bits per heavy atom. The summed E-state index contributed by atoms with van der Waals surface area (Å²) < 4.78 is 57.6. The zero-order valence-electron chi connectivity index (χ0n) is 21.3. The van der Waals surface area contributed by atoms with Crippen LogP contribution in [0.15, 0.2) is 82.6 Å². The number of carbonyl (C=O) groups is 1. The van der Waals surface area contributed by atoms with E-state index in [2.05, 4.69) is 9.44 Å². The summed E-state index contributed by atoms with van der Waals surface area (Å²) in [5, 5.41) is 0. The quantitative estimate of drug-likeness (QED) is 0.283. The molecule has 2 N–H and O–H groups in total. The molecule has 9 heteroatoms. The molecule has 0 atom stereocenters. The van der Waals surface area contributed by atoms with Crippen molar-refractivity contribution >= 4 is 37.2 Å².